The van der Waals surface area contributed by atoms with Crippen molar-refractivity contribution < 1.29 is 13.2 Å². The molecule has 1 aromatic rings. The Balaban J connectivity index is 0.00000162. The summed E-state index contributed by atoms with van der Waals surface area (Å²) < 4.78 is 38.3. The summed E-state index contributed by atoms with van der Waals surface area (Å²) in [5, 5.41) is 6.18. The fourth-order valence-electron chi connectivity index (χ4n) is 2.04. The van der Waals surface area contributed by atoms with Gasteiger partial charge in [-0.15, -0.1) is 24.8 Å². The van der Waals surface area contributed by atoms with Gasteiger partial charge in [0.1, 0.15) is 0 Å². The number of anilines is 1. The summed E-state index contributed by atoms with van der Waals surface area (Å²) in [6, 6.07) is 5.77. The van der Waals surface area contributed by atoms with Crippen LogP contribution in [0.15, 0.2) is 24.3 Å². The third-order valence-corrected chi connectivity index (χ3v) is 2.93. The zero-order chi connectivity index (χ0) is 12.3. The third-order valence-electron chi connectivity index (χ3n) is 2.93. The number of rotatable bonds is 2. The first kappa shape index (κ1) is 18.4. The number of hydrogen-bond donors (Lipinski definition) is 2. The highest BCUT2D eigenvalue weighted by molar-refractivity contribution is 5.85. The van der Waals surface area contributed by atoms with Crippen molar-refractivity contribution in [1.29, 1.82) is 0 Å². The van der Waals surface area contributed by atoms with Gasteiger partial charge in [0.15, 0.2) is 0 Å². The summed E-state index contributed by atoms with van der Waals surface area (Å²) in [5.74, 6) is 0. The number of alkyl halides is 3. The molecule has 0 unspecified atom stereocenters. The van der Waals surface area contributed by atoms with Crippen molar-refractivity contribution in [2.45, 2.75) is 25.1 Å². The Morgan fingerprint density at radius 2 is 1.63 bits per heavy atom. The predicted molar refractivity (Wildman–Crippen MR) is 75.5 cm³/mol. The molecule has 0 bridgehead atoms. The average Bonchev–Trinajstić information content (AvgIpc) is 2.30. The van der Waals surface area contributed by atoms with E-state index in [0.717, 1.165) is 32.0 Å². The molecule has 1 aliphatic heterocycles. The van der Waals surface area contributed by atoms with Gasteiger partial charge in [0.2, 0.25) is 0 Å². The number of piperidine rings is 1. The Morgan fingerprint density at radius 3 is 2.21 bits per heavy atom. The summed E-state index contributed by atoms with van der Waals surface area (Å²) in [7, 11) is 0. The van der Waals surface area contributed by atoms with E-state index < -0.39 is 11.7 Å². The van der Waals surface area contributed by atoms with E-state index in [1.54, 1.807) is 6.07 Å². The summed E-state index contributed by atoms with van der Waals surface area (Å²) in [4.78, 5) is 0. The lowest BCUT2D eigenvalue weighted by atomic mass is 10.1. The van der Waals surface area contributed by atoms with Gasteiger partial charge in [-0.25, -0.2) is 0 Å². The molecule has 110 valence electrons. The van der Waals surface area contributed by atoms with Crippen LogP contribution in [0, 0.1) is 0 Å². The van der Waals surface area contributed by atoms with Crippen molar-refractivity contribution in [1.82, 2.24) is 5.32 Å². The zero-order valence-corrected chi connectivity index (χ0v) is 11.8. The second kappa shape index (κ2) is 7.82. The minimum Gasteiger partial charge on any atom is -0.382 e. The number of halogens is 5. The standard InChI is InChI=1S/C12H15F3N2.2ClH/c13-12(14,15)10-3-1-2-4-11(10)17-9-5-7-16-8-6-9;;/h1-4,9,16-17H,5-8H2;2*1H. The lowest BCUT2D eigenvalue weighted by Crippen LogP contribution is -2.35. The van der Waals surface area contributed by atoms with Gasteiger partial charge < -0.3 is 10.6 Å². The van der Waals surface area contributed by atoms with Crippen LogP contribution < -0.4 is 10.6 Å². The van der Waals surface area contributed by atoms with Gasteiger partial charge in [0.05, 0.1) is 5.56 Å². The lowest BCUT2D eigenvalue weighted by Gasteiger charge is -2.26. The Bertz CT molecular complexity index is 379. The third kappa shape index (κ3) is 5.09. The lowest BCUT2D eigenvalue weighted by molar-refractivity contribution is -0.137. The van der Waals surface area contributed by atoms with Crippen LogP contribution in [0.4, 0.5) is 18.9 Å². The topological polar surface area (TPSA) is 24.1 Å². The van der Waals surface area contributed by atoms with Crippen molar-refractivity contribution >= 4 is 30.5 Å². The Labute approximate surface area is 123 Å². The molecule has 7 heteroatoms. The molecule has 19 heavy (non-hydrogen) atoms. The Kier molecular flexibility index (Phi) is 7.55. The van der Waals surface area contributed by atoms with Crippen LogP contribution in [0.3, 0.4) is 0 Å². The number of hydrogen-bond acceptors (Lipinski definition) is 2. The SMILES string of the molecule is Cl.Cl.FC(F)(F)c1ccccc1NC1CCNCC1. The maximum Gasteiger partial charge on any atom is 0.418 e. The van der Waals surface area contributed by atoms with Gasteiger partial charge in [-0.2, -0.15) is 13.2 Å². The average molecular weight is 317 g/mol. The molecule has 0 amide bonds. The van der Waals surface area contributed by atoms with Crippen molar-refractivity contribution in [2.24, 2.45) is 0 Å². The minimum absolute atomic E-state index is 0. The van der Waals surface area contributed by atoms with E-state index in [1.165, 1.54) is 12.1 Å². The van der Waals surface area contributed by atoms with Gasteiger partial charge in [-0.1, -0.05) is 12.1 Å². The van der Waals surface area contributed by atoms with E-state index in [9.17, 15) is 13.2 Å². The molecule has 0 radical (unpaired) electrons. The second-order valence-corrected chi connectivity index (χ2v) is 4.21. The van der Waals surface area contributed by atoms with E-state index >= 15 is 0 Å². The van der Waals surface area contributed by atoms with E-state index in [2.05, 4.69) is 10.6 Å². The summed E-state index contributed by atoms with van der Waals surface area (Å²) in [6.07, 6.45) is -2.59. The molecular weight excluding hydrogens is 300 g/mol. The number of benzene rings is 1. The molecule has 1 aromatic carbocycles. The van der Waals surface area contributed by atoms with E-state index in [4.69, 9.17) is 0 Å². The zero-order valence-electron chi connectivity index (χ0n) is 10.2. The summed E-state index contributed by atoms with van der Waals surface area (Å²) in [5.41, 5.74) is -0.398. The van der Waals surface area contributed by atoms with Gasteiger partial charge in [0, 0.05) is 11.7 Å². The molecule has 1 heterocycles. The molecule has 1 aliphatic rings. The van der Waals surface area contributed by atoms with E-state index in [-0.39, 0.29) is 36.5 Å². The Hall–Kier alpha value is -0.650. The molecule has 0 aliphatic carbocycles. The monoisotopic (exact) mass is 316 g/mol. The highest BCUT2D eigenvalue weighted by Crippen LogP contribution is 2.35. The van der Waals surface area contributed by atoms with Gasteiger partial charge in [0.25, 0.3) is 0 Å². The first-order valence-electron chi connectivity index (χ1n) is 5.71. The maximum absolute atomic E-state index is 12.8. The maximum atomic E-state index is 12.8. The minimum atomic E-state index is -4.30. The molecule has 2 N–H and O–H groups in total. The van der Waals surface area contributed by atoms with Crippen molar-refractivity contribution in [3.05, 3.63) is 29.8 Å². The molecule has 0 spiro atoms. The normalized spacial score (nSPS) is 16.2. The van der Waals surface area contributed by atoms with Crippen molar-refractivity contribution in [3.8, 4) is 0 Å². The van der Waals surface area contributed by atoms with Crippen LogP contribution in [-0.4, -0.2) is 19.1 Å². The first-order valence-corrected chi connectivity index (χ1v) is 5.71. The highest BCUT2D eigenvalue weighted by atomic mass is 35.5. The smallest absolute Gasteiger partial charge is 0.382 e. The van der Waals surface area contributed by atoms with E-state index in [0.29, 0.717) is 0 Å². The van der Waals surface area contributed by atoms with Gasteiger partial charge in [-0.05, 0) is 38.1 Å². The van der Waals surface area contributed by atoms with Gasteiger partial charge in [-0.3, -0.25) is 0 Å². The second-order valence-electron chi connectivity index (χ2n) is 4.21. The molecule has 1 fully saturated rings. The fraction of sp³-hybridized carbons (Fsp3) is 0.500. The van der Waals surface area contributed by atoms with Crippen LogP contribution in [0.2, 0.25) is 0 Å². The molecule has 1 saturated heterocycles. The largest absolute Gasteiger partial charge is 0.418 e. The quantitative estimate of drug-likeness (QED) is 0.869. The molecule has 2 rings (SSSR count). The molecular formula is C12H17Cl2F3N2. The molecule has 2 nitrogen and oxygen atoms in total. The molecule has 0 saturated carbocycles. The van der Waals surface area contributed by atoms with Crippen LogP contribution in [-0.2, 0) is 6.18 Å². The molecule has 0 atom stereocenters. The van der Waals surface area contributed by atoms with Crippen LogP contribution in [0.5, 0.6) is 0 Å². The van der Waals surface area contributed by atoms with Crippen molar-refractivity contribution in [3.63, 3.8) is 0 Å². The molecule has 0 aromatic heterocycles. The van der Waals surface area contributed by atoms with Crippen LogP contribution in [0.25, 0.3) is 0 Å². The highest BCUT2D eigenvalue weighted by Gasteiger charge is 2.33. The summed E-state index contributed by atoms with van der Waals surface area (Å²) in [6.45, 7) is 1.71. The Morgan fingerprint density at radius 1 is 1.05 bits per heavy atom. The first-order chi connectivity index (χ1) is 8.07. The van der Waals surface area contributed by atoms with Gasteiger partial charge >= 0.3 is 6.18 Å². The van der Waals surface area contributed by atoms with Crippen LogP contribution in [0.1, 0.15) is 18.4 Å². The van der Waals surface area contributed by atoms with Crippen molar-refractivity contribution in [2.75, 3.05) is 18.4 Å². The number of para-hydroxylation sites is 1. The fourth-order valence-corrected chi connectivity index (χ4v) is 2.04. The summed E-state index contributed by atoms with van der Waals surface area (Å²) >= 11 is 0. The van der Waals surface area contributed by atoms with Crippen LogP contribution >= 0.6 is 24.8 Å². The predicted octanol–water partition coefficient (Wildman–Crippen LogP) is 3.71. The van der Waals surface area contributed by atoms with E-state index in [1.807, 2.05) is 0 Å². The number of nitrogens with one attached hydrogen (secondary N) is 2.